The molecule has 0 saturated carbocycles. The van der Waals surface area contributed by atoms with E-state index in [0.29, 0.717) is 21.8 Å². The van der Waals surface area contributed by atoms with E-state index in [1.807, 2.05) is 6.07 Å². The fraction of sp³-hybridized carbons (Fsp3) is 0.100. The molecule has 0 saturated heterocycles. The minimum absolute atomic E-state index is 0.0933. The zero-order chi connectivity index (χ0) is 21.0. The summed E-state index contributed by atoms with van der Waals surface area (Å²) in [6, 6.07) is 15.1. The highest BCUT2D eigenvalue weighted by Crippen LogP contribution is 2.22. The minimum Gasteiger partial charge on any atom is -0.493 e. The molecule has 8 nitrogen and oxygen atoms in total. The van der Waals surface area contributed by atoms with Gasteiger partial charge in [-0.05, 0) is 42.0 Å². The molecule has 0 aliphatic carbocycles. The van der Waals surface area contributed by atoms with E-state index in [-0.39, 0.29) is 18.0 Å². The first-order valence-corrected chi connectivity index (χ1v) is 8.83. The first-order chi connectivity index (χ1) is 13.9. The van der Waals surface area contributed by atoms with Gasteiger partial charge in [-0.2, -0.15) is 10.4 Å². The van der Waals surface area contributed by atoms with Gasteiger partial charge in [-0.15, -0.1) is 0 Å². The summed E-state index contributed by atoms with van der Waals surface area (Å²) in [6.45, 7) is 0. The van der Waals surface area contributed by atoms with Crippen molar-refractivity contribution in [3.8, 4) is 17.6 Å². The number of aromatic hydroxyl groups is 1. The number of nitrogens with zero attached hydrogens (tertiary/aromatic N) is 3. The van der Waals surface area contributed by atoms with Gasteiger partial charge in [-0.3, -0.25) is 9.59 Å². The molecule has 2 aromatic carbocycles. The number of halogens is 1. The smallest absolute Gasteiger partial charge is 0.305 e. The molecule has 0 aliphatic rings. The molecule has 3 N–H and O–H groups in total. The van der Waals surface area contributed by atoms with Crippen LogP contribution in [-0.2, 0) is 4.79 Å². The maximum Gasteiger partial charge on any atom is 0.305 e. The van der Waals surface area contributed by atoms with Gasteiger partial charge in [0.1, 0.15) is 0 Å². The highest BCUT2D eigenvalue weighted by Gasteiger charge is 2.22. The number of carboxylic acids is 1. The van der Waals surface area contributed by atoms with Gasteiger partial charge < -0.3 is 15.5 Å². The molecule has 3 aromatic rings. The number of hydrogen-bond donors (Lipinski definition) is 3. The summed E-state index contributed by atoms with van der Waals surface area (Å²) in [6.07, 6.45) is -0.384. The number of carbonyl (C=O) groups is 2. The number of rotatable bonds is 6. The van der Waals surface area contributed by atoms with Gasteiger partial charge in [0.25, 0.3) is 5.91 Å². The van der Waals surface area contributed by atoms with E-state index in [1.165, 1.54) is 12.1 Å². The minimum atomic E-state index is -1.12. The van der Waals surface area contributed by atoms with E-state index in [0.717, 1.165) is 4.68 Å². The highest BCUT2D eigenvalue weighted by molar-refractivity contribution is 6.30. The monoisotopic (exact) mass is 410 g/mol. The molecule has 1 amide bonds. The Labute approximate surface area is 170 Å². The summed E-state index contributed by atoms with van der Waals surface area (Å²) in [5.74, 6) is -2.05. The zero-order valence-corrected chi connectivity index (χ0v) is 15.7. The Balaban J connectivity index is 1.86. The summed E-state index contributed by atoms with van der Waals surface area (Å²) >= 11 is 5.85. The first kappa shape index (κ1) is 19.9. The van der Waals surface area contributed by atoms with Crippen LogP contribution in [0.15, 0.2) is 54.6 Å². The maximum atomic E-state index is 12.6. The Kier molecular flexibility index (Phi) is 5.81. The van der Waals surface area contributed by atoms with Crippen molar-refractivity contribution in [2.75, 3.05) is 0 Å². The van der Waals surface area contributed by atoms with E-state index in [2.05, 4.69) is 10.4 Å². The molecule has 146 valence electrons. The van der Waals surface area contributed by atoms with Crippen molar-refractivity contribution < 1.29 is 19.8 Å². The van der Waals surface area contributed by atoms with Crippen molar-refractivity contribution in [3.05, 3.63) is 76.4 Å². The van der Waals surface area contributed by atoms with Crippen molar-refractivity contribution in [2.24, 2.45) is 0 Å². The fourth-order valence-electron chi connectivity index (χ4n) is 2.74. The van der Waals surface area contributed by atoms with Crippen molar-refractivity contribution in [1.82, 2.24) is 15.1 Å². The van der Waals surface area contributed by atoms with Crippen LogP contribution in [0.4, 0.5) is 0 Å². The standard InChI is InChI=1S/C20H15ClN4O4/c21-14-4-6-15(7-5-14)25-18(26)9-17(24-25)20(29)23-16(10-19(27)28)13-3-1-2-12(8-13)11-22/h1-9,16,26H,10H2,(H,23,29)(H,27,28)/t16-/m0/s1. The van der Waals surface area contributed by atoms with Gasteiger partial charge in [0.2, 0.25) is 5.88 Å². The maximum absolute atomic E-state index is 12.6. The van der Waals surface area contributed by atoms with E-state index >= 15 is 0 Å². The summed E-state index contributed by atoms with van der Waals surface area (Å²) in [4.78, 5) is 23.9. The summed E-state index contributed by atoms with van der Waals surface area (Å²) < 4.78 is 1.16. The van der Waals surface area contributed by atoms with Crippen LogP contribution in [0.1, 0.15) is 34.1 Å². The fourth-order valence-corrected chi connectivity index (χ4v) is 2.86. The third-order valence-corrected chi connectivity index (χ3v) is 4.35. The van der Waals surface area contributed by atoms with Gasteiger partial charge in [-0.25, -0.2) is 4.68 Å². The molecular weight excluding hydrogens is 396 g/mol. The van der Waals surface area contributed by atoms with Gasteiger partial charge >= 0.3 is 5.97 Å². The van der Waals surface area contributed by atoms with Gasteiger partial charge in [0, 0.05) is 11.1 Å². The lowest BCUT2D eigenvalue weighted by Crippen LogP contribution is -2.30. The summed E-state index contributed by atoms with van der Waals surface area (Å²) in [5.41, 5.74) is 1.22. The van der Waals surface area contributed by atoms with E-state index in [9.17, 15) is 19.8 Å². The van der Waals surface area contributed by atoms with Crippen molar-refractivity contribution in [1.29, 1.82) is 5.26 Å². The molecular formula is C20H15ClN4O4. The number of nitrogens with one attached hydrogen (secondary N) is 1. The lowest BCUT2D eigenvalue weighted by Gasteiger charge is -2.17. The van der Waals surface area contributed by atoms with Crippen LogP contribution < -0.4 is 5.32 Å². The third-order valence-electron chi connectivity index (χ3n) is 4.10. The lowest BCUT2D eigenvalue weighted by atomic mass is 10.0. The topological polar surface area (TPSA) is 128 Å². The van der Waals surface area contributed by atoms with Crippen LogP contribution in [0.3, 0.4) is 0 Å². The average molecular weight is 411 g/mol. The Morgan fingerprint density at radius 1 is 1.21 bits per heavy atom. The summed E-state index contributed by atoms with van der Waals surface area (Å²) in [7, 11) is 0. The van der Waals surface area contributed by atoms with E-state index in [1.54, 1.807) is 42.5 Å². The van der Waals surface area contributed by atoms with Crippen LogP contribution >= 0.6 is 11.6 Å². The molecule has 0 spiro atoms. The molecule has 0 bridgehead atoms. The van der Waals surface area contributed by atoms with E-state index in [4.69, 9.17) is 16.9 Å². The van der Waals surface area contributed by atoms with Crippen LogP contribution in [0.2, 0.25) is 5.02 Å². The SMILES string of the molecule is N#Cc1cccc([C@H](CC(=O)O)NC(=O)c2cc(O)n(-c3ccc(Cl)cc3)n2)c1. The molecule has 1 heterocycles. The molecule has 1 atom stereocenters. The third kappa shape index (κ3) is 4.72. The predicted molar refractivity (Wildman–Crippen MR) is 104 cm³/mol. The summed E-state index contributed by atoms with van der Waals surface area (Å²) in [5, 5.41) is 35.5. The number of nitriles is 1. The molecule has 3 rings (SSSR count). The lowest BCUT2D eigenvalue weighted by molar-refractivity contribution is -0.137. The second-order valence-corrected chi connectivity index (χ2v) is 6.57. The second kappa shape index (κ2) is 8.46. The quantitative estimate of drug-likeness (QED) is 0.573. The van der Waals surface area contributed by atoms with Crippen LogP contribution in [0.5, 0.6) is 5.88 Å². The van der Waals surface area contributed by atoms with Crippen LogP contribution in [0.25, 0.3) is 5.69 Å². The van der Waals surface area contributed by atoms with Crippen molar-refractivity contribution in [3.63, 3.8) is 0 Å². The molecule has 0 aliphatic heterocycles. The number of amides is 1. The van der Waals surface area contributed by atoms with Crippen molar-refractivity contribution >= 4 is 23.5 Å². The zero-order valence-electron chi connectivity index (χ0n) is 14.9. The molecule has 0 fully saturated rings. The molecule has 1 aromatic heterocycles. The molecule has 0 unspecified atom stereocenters. The Morgan fingerprint density at radius 2 is 1.93 bits per heavy atom. The largest absolute Gasteiger partial charge is 0.493 e. The number of aromatic nitrogens is 2. The Hall–Kier alpha value is -3.83. The number of carboxylic acid groups (broad SMARTS) is 1. The Morgan fingerprint density at radius 3 is 2.59 bits per heavy atom. The van der Waals surface area contributed by atoms with Gasteiger partial charge in [0.05, 0.1) is 29.8 Å². The number of hydrogen-bond acceptors (Lipinski definition) is 5. The van der Waals surface area contributed by atoms with Gasteiger partial charge in [-0.1, -0.05) is 23.7 Å². The number of aliphatic carboxylic acids is 1. The Bertz CT molecular complexity index is 1100. The van der Waals surface area contributed by atoms with Crippen molar-refractivity contribution in [2.45, 2.75) is 12.5 Å². The molecule has 0 radical (unpaired) electrons. The molecule has 29 heavy (non-hydrogen) atoms. The van der Waals surface area contributed by atoms with Crippen LogP contribution in [-0.4, -0.2) is 31.9 Å². The van der Waals surface area contributed by atoms with Gasteiger partial charge in [0.15, 0.2) is 5.69 Å². The van der Waals surface area contributed by atoms with Crippen LogP contribution in [0, 0.1) is 11.3 Å². The second-order valence-electron chi connectivity index (χ2n) is 6.14. The average Bonchev–Trinajstić information content (AvgIpc) is 3.09. The first-order valence-electron chi connectivity index (χ1n) is 8.45. The highest BCUT2D eigenvalue weighted by atomic mass is 35.5. The predicted octanol–water partition coefficient (Wildman–Crippen LogP) is 3.05. The molecule has 9 heteroatoms. The normalized spacial score (nSPS) is 11.4. The number of benzene rings is 2. The van der Waals surface area contributed by atoms with E-state index < -0.39 is 17.9 Å². The number of carbonyl (C=O) groups excluding carboxylic acids is 1.